The van der Waals surface area contributed by atoms with E-state index in [0.717, 1.165) is 13.0 Å². The molecule has 0 saturated heterocycles. The quantitative estimate of drug-likeness (QED) is 0.163. The lowest BCUT2D eigenvalue weighted by Crippen LogP contribution is -2.27. The lowest BCUT2D eigenvalue weighted by Gasteiger charge is -2.14. The first-order valence-electron chi connectivity index (χ1n) is 11.1. The van der Waals surface area contributed by atoms with Crippen molar-refractivity contribution in [3.8, 4) is 5.69 Å². The van der Waals surface area contributed by atoms with Crippen LogP contribution in [0, 0.1) is 6.92 Å². The normalized spacial score (nSPS) is 10.6. The van der Waals surface area contributed by atoms with Gasteiger partial charge in [-0.05, 0) is 45.0 Å². The number of esters is 2. The number of hydrogen-bond donors (Lipinski definition) is 2. The van der Waals surface area contributed by atoms with Crippen LogP contribution < -0.4 is 16.8 Å². The molecule has 1 heterocycles. The summed E-state index contributed by atoms with van der Waals surface area (Å²) < 4.78 is 48.9. The molecule has 2 aromatic carbocycles. The lowest BCUT2D eigenvalue weighted by atomic mass is 10.1. The number of carbonyl (C=O) groups excluding carboxylic acids is 2. The average molecular weight is 681 g/mol. The summed E-state index contributed by atoms with van der Waals surface area (Å²) in [6, 6.07) is 5.21. The zero-order valence-electron chi connectivity index (χ0n) is 21.4. The SMILES string of the molecule is CCOC(=O)c1cc(-n2ncc(C(F)(F)F)c(C)c2=O)c(Cl)cc1Cl.CCOC(=O)c1cc(NN)c(Cl)cc1Cl.Cl. The number of nitrogens with one attached hydrogen (secondary N) is 1. The first kappa shape index (κ1) is 36.3. The molecule has 9 nitrogen and oxygen atoms in total. The smallest absolute Gasteiger partial charge is 0.418 e. The van der Waals surface area contributed by atoms with Crippen LogP contribution in [-0.2, 0) is 15.7 Å². The predicted molar refractivity (Wildman–Crippen MR) is 153 cm³/mol. The number of hydrazine groups is 1. The van der Waals surface area contributed by atoms with Crippen molar-refractivity contribution in [1.29, 1.82) is 0 Å². The fourth-order valence-corrected chi connectivity index (χ4v) is 4.14. The molecule has 0 radical (unpaired) electrons. The van der Waals surface area contributed by atoms with Gasteiger partial charge in [0.05, 0.1) is 67.6 Å². The van der Waals surface area contributed by atoms with Crippen LogP contribution >= 0.6 is 58.8 Å². The Morgan fingerprint density at radius 2 is 1.41 bits per heavy atom. The summed E-state index contributed by atoms with van der Waals surface area (Å²) in [7, 11) is 0. The Balaban J connectivity index is 0.000000451. The summed E-state index contributed by atoms with van der Waals surface area (Å²) in [5.41, 5.74) is 0.120. The number of nitrogens with two attached hydrogens (primary N) is 1. The van der Waals surface area contributed by atoms with Gasteiger partial charge in [0.1, 0.15) is 0 Å². The van der Waals surface area contributed by atoms with E-state index >= 15 is 0 Å². The number of carbonyl (C=O) groups is 2. The Bertz CT molecular complexity index is 1490. The second kappa shape index (κ2) is 15.5. The van der Waals surface area contributed by atoms with Crippen LogP contribution in [0.25, 0.3) is 5.69 Å². The molecule has 0 bridgehead atoms. The van der Waals surface area contributed by atoms with Crippen LogP contribution in [0.2, 0.25) is 20.1 Å². The van der Waals surface area contributed by atoms with Crippen LogP contribution in [-0.4, -0.2) is 34.9 Å². The summed E-state index contributed by atoms with van der Waals surface area (Å²) in [5, 5.41) is 4.01. The molecule has 0 aliphatic carbocycles. The van der Waals surface area contributed by atoms with Gasteiger partial charge in [-0.25, -0.2) is 9.59 Å². The van der Waals surface area contributed by atoms with Gasteiger partial charge in [-0.2, -0.15) is 23.0 Å². The number of rotatable bonds is 6. The number of nitrogens with zero attached hydrogens (tertiary/aromatic N) is 2. The Morgan fingerprint density at radius 1 is 0.927 bits per heavy atom. The Kier molecular flexibility index (Phi) is 13.7. The third kappa shape index (κ3) is 8.87. The molecule has 0 amide bonds. The van der Waals surface area contributed by atoms with Crippen molar-refractivity contribution in [1.82, 2.24) is 9.78 Å². The minimum Gasteiger partial charge on any atom is -0.462 e. The highest BCUT2D eigenvalue weighted by Gasteiger charge is 2.34. The number of hydrogen-bond acceptors (Lipinski definition) is 8. The molecule has 17 heteroatoms. The second-order valence-electron chi connectivity index (χ2n) is 7.58. The van der Waals surface area contributed by atoms with Crippen molar-refractivity contribution in [2.24, 2.45) is 5.84 Å². The van der Waals surface area contributed by atoms with Gasteiger partial charge in [-0.1, -0.05) is 46.4 Å². The van der Waals surface area contributed by atoms with E-state index in [0.29, 0.717) is 21.6 Å². The van der Waals surface area contributed by atoms with Crippen LogP contribution in [0.5, 0.6) is 0 Å². The van der Waals surface area contributed by atoms with Crippen molar-refractivity contribution in [2.45, 2.75) is 26.9 Å². The zero-order chi connectivity index (χ0) is 30.4. The first-order valence-corrected chi connectivity index (χ1v) is 12.6. The maximum atomic E-state index is 12.9. The Morgan fingerprint density at radius 3 is 1.88 bits per heavy atom. The maximum absolute atomic E-state index is 12.9. The van der Waals surface area contributed by atoms with E-state index in [2.05, 4.69) is 10.5 Å². The summed E-state index contributed by atoms with van der Waals surface area (Å²) in [5.74, 6) is 3.95. The number of alkyl halides is 3. The topological polar surface area (TPSA) is 126 Å². The number of benzene rings is 2. The van der Waals surface area contributed by atoms with Crippen molar-refractivity contribution < 1.29 is 32.2 Å². The van der Waals surface area contributed by atoms with E-state index in [-0.39, 0.29) is 57.5 Å². The van der Waals surface area contributed by atoms with Crippen molar-refractivity contribution in [2.75, 3.05) is 18.6 Å². The molecule has 0 saturated carbocycles. The van der Waals surface area contributed by atoms with E-state index in [9.17, 15) is 27.6 Å². The molecule has 3 N–H and O–H groups in total. The molecule has 0 fully saturated rings. The highest BCUT2D eigenvalue weighted by Crippen LogP contribution is 2.32. The fraction of sp³-hybridized carbons (Fsp3) is 0.250. The molecule has 1 aromatic heterocycles. The highest BCUT2D eigenvalue weighted by molar-refractivity contribution is 6.38. The van der Waals surface area contributed by atoms with Crippen molar-refractivity contribution in [3.63, 3.8) is 0 Å². The monoisotopic (exact) mass is 678 g/mol. The molecule has 3 aromatic rings. The van der Waals surface area contributed by atoms with Gasteiger partial charge in [-0.3, -0.25) is 10.6 Å². The highest BCUT2D eigenvalue weighted by atomic mass is 35.5. The molecule has 0 unspecified atom stereocenters. The van der Waals surface area contributed by atoms with Gasteiger partial charge in [0.2, 0.25) is 0 Å². The largest absolute Gasteiger partial charge is 0.462 e. The molecule has 0 aliphatic rings. The van der Waals surface area contributed by atoms with Gasteiger partial charge < -0.3 is 14.9 Å². The van der Waals surface area contributed by atoms with Crippen molar-refractivity contribution >= 4 is 76.4 Å². The molecule has 41 heavy (non-hydrogen) atoms. The van der Waals surface area contributed by atoms with Crippen LogP contribution in [0.1, 0.15) is 45.7 Å². The molecule has 224 valence electrons. The number of halogens is 8. The first-order chi connectivity index (χ1) is 18.7. The van der Waals surface area contributed by atoms with E-state index in [1.165, 1.54) is 18.2 Å². The summed E-state index contributed by atoms with van der Waals surface area (Å²) in [6.07, 6.45) is -4.19. The van der Waals surface area contributed by atoms with E-state index in [1.807, 2.05) is 0 Å². The van der Waals surface area contributed by atoms with Crippen LogP contribution in [0.3, 0.4) is 0 Å². The molecule has 0 aliphatic heterocycles. The standard InChI is InChI=1S/C15H11Cl2F3N2O3.C9H10Cl2N2O2.ClH/c1-3-25-14(24)8-4-12(11(17)5-10(8)16)22-13(23)7(2)9(6-21-22)15(18,19)20;1-2-15-9(14)5-3-8(13-12)7(11)4-6(5)10;/h4-6H,3H2,1-2H3;3-4,13H,2,12H2,1H3;1H. The third-order valence-corrected chi connectivity index (χ3v) is 6.23. The number of nitrogen functional groups attached to an aromatic ring is 1. The van der Waals surface area contributed by atoms with Gasteiger partial charge in [0.15, 0.2) is 0 Å². The Labute approximate surface area is 258 Å². The minimum absolute atomic E-state index is 0. The molecular formula is C24H22Cl5F3N4O5. The van der Waals surface area contributed by atoms with E-state index in [1.54, 1.807) is 13.8 Å². The lowest BCUT2D eigenvalue weighted by molar-refractivity contribution is -0.138. The number of aromatic nitrogens is 2. The van der Waals surface area contributed by atoms with Gasteiger partial charge in [0, 0.05) is 5.56 Å². The molecule has 0 atom stereocenters. The number of anilines is 1. The second-order valence-corrected chi connectivity index (χ2v) is 9.21. The molecule has 0 spiro atoms. The molecule has 3 rings (SSSR count). The zero-order valence-corrected chi connectivity index (χ0v) is 25.2. The van der Waals surface area contributed by atoms with Gasteiger partial charge in [-0.15, -0.1) is 12.4 Å². The van der Waals surface area contributed by atoms with Crippen LogP contribution in [0.4, 0.5) is 18.9 Å². The number of ether oxygens (including phenoxy) is 2. The summed E-state index contributed by atoms with van der Waals surface area (Å²) in [4.78, 5) is 35.6. The molecular weight excluding hydrogens is 659 g/mol. The average Bonchev–Trinajstić information content (AvgIpc) is 2.86. The third-order valence-electron chi connectivity index (χ3n) is 4.99. The van der Waals surface area contributed by atoms with E-state index < -0.39 is 34.8 Å². The minimum atomic E-state index is -4.71. The Hall–Kier alpha value is -2.74. The van der Waals surface area contributed by atoms with Crippen LogP contribution in [0.15, 0.2) is 35.3 Å². The van der Waals surface area contributed by atoms with Crippen molar-refractivity contribution in [3.05, 3.63) is 83.2 Å². The predicted octanol–water partition coefficient (Wildman–Crippen LogP) is 6.92. The van der Waals surface area contributed by atoms with Gasteiger partial charge >= 0.3 is 18.1 Å². The summed E-state index contributed by atoms with van der Waals surface area (Å²) in [6.45, 7) is 4.70. The van der Waals surface area contributed by atoms with Gasteiger partial charge in [0.25, 0.3) is 5.56 Å². The van der Waals surface area contributed by atoms with E-state index in [4.69, 9.17) is 61.7 Å². The fourth-order valence-electron chi connectivity index (χ4n) is 3.09. The summed E-state index contributed by atoms with van der Waals surface area (Å²) >= 11 is 23.6. The maximum Gasteiger partial charge on any atom is 0.418 e.